The molecule has 0 fully saturated rings. The van der Waals surface area contributed by atoms with Crippen molar-refractivity contribution in [2.45, 2.75) is 13.3 Å². The number of carbonyl (C=O) groups is 2. The van der Waals surface area contributed by atoms with Gasteiger partial charge in [0.05, 0.1) is 6.42 Å². The Hall–Kier alpha value is -2.22. The molecular formula is C16H14O2. The molecule has 2 aromatic rings. The van der Waals surface area contributed by atoms with Crippen molar-refractivity contribution < 1.29 is 9.59 Å². The third-order valence-corrected chi connectivity index (χ3v) is 2.72. The van der Waals surface area contributed by atoms with E-state index in [1.807, 2.05) is 48.5 Å². The molecule has 0 N–H and O–H groups in total. The molecule has 0 atom stereocenters. The summed E-state index contributed by atoms with van der Waals surface area (Å²) in [5.41, 5.74) is 2.48. The van der Waals surface area contributed by atoms with Crippen LogP contribution in [0.25, 0.3) is 11.1 Å². The van der Waals surface area contributed by atoms with E-state index >= 15 is 0 Å². The van der Waals surface area contributed by atoms with Crippen LogP contribution in [0, 0.1) is 0 Å². The van der Waals surface area contributed by atoms with Gasteiger partial charge in [0.25, 0.3) is 0 Å². The fourth-order valence-corrected chi connectivity index (χ4v) is 1.92. The molecule has 0 saturated carbocycles. The Kier molecular flexibility index (Phi) is 3.68. The minimum absolute atomic E-state index is 0.0379. The van der Waals surface area contributed by atoms with Crippen molar-refractivity contribution in [3.63, 3.8) is 0 Å². The minimum atomic E-state index is -0.123. The highest BCUT2D eigenvalue weighted by Crippen LogP contribution is 2.24. The Morgan fingerprint density at radius 3 is 2.17 bits per heavy atom. The molecule has 0 radical (unpaired) electrons. The van der Waals surface area contributed by atoms with Crippen LogP contribution in [-0.4, -0.2) is 11.6 Å². The van der Waals surface area contributed by atoms with Gasteiger partial charge in [-0.25, -0.2) is 0 Å². The number of hydrogen-bond acceptors (Lipinski definition) is 2. The van der Waals surface area contributed by atoms with E-state index in [1.54, 1.807) is 6.07 Å². The van der Waals surface area contributed by atoms with E-state index in [0.29, 0.717) is 5.56 Å². The third-order valence-electron chi connectivity index (χ3n) is 2.72. The second-order valence-corrected chi connectivity index (χ2v) is 4.21. The second kappa shape index (κ2) is 5.41. The first-order valence-electron chi connectivity index (χ1n) is 5.85. The van der Waals surface area contributed by atoms with Gasteiger partial charge in [-0.1, -0.05) is 54.6 Å². The van der Waals surface area contributed by atoms with Gasteiger partial charge in [0.2, 0.25) is 0 Å². The van der Waals surface area contributed by atoms with Crippen LogP contribution in [0.1, 0.15) is 23.7 Å². The highest BCUT2D eigenvalue weighted by Gasteiger charge is 2.13. The SMILES string of the molecule is CC(=O)CC(=O)c1ccccc1-c1ccccc1. The lowest BCUT2D eigenvalue weighted by molar-refractivity contribution is -0.116. The highest BCUT2D eigenvalue weighted by molar-refractivity contribution is 6.10. The maximum atomic E-state index is 12.0. The Morgan fingerprint density at radius 2 is 1.50 bits per heavy atom. The Bertz CT molecular complexity index is 571. The first kappa shape index (κ1) is 12.2. The van der Waals surface area contributed by atoms with Gasteiger partial charge in [0.1, 0.15) is 5.78 Å². The number of ketones is 2. The molecule has 18 heavy (non-hydrogen) atoms. The zero-order valence-electron chi connectivity index (χ0n) is 10.2. The molecule has 0 unspecified atom stereocenters. The number of Topliss-reactive ketones (excluding diaryl/α,β-unsaturated/α-hetero) is 2. The fraction of sp³-hybridized carbons (Fsp3) is 0.125. The summed E-state index contributed by atoms with van der Waals surface area (Å²) < 4.78 is 0. The van der Waals surface area contributed by atoms with Crippen LogP contribution in [-0.2, 0) is 4.79 Å². The first-order valence-corrected chi connectivity index (χ1v) is 5.85. The number of benzene rings is 2. The van der Waals surface area contributed by atoms with Crippen molar-refractivity contribution in [2.24, 2.45) is 0 Å². The van der Waals surface area contributed by atoms with Crippen LogP contribution in [0.5, 0.6) is 0 Å². The molecule has 0 bridgehead atoms. The third kappa shape index (κ3) is 2.72. The van der Waals surface area contributed by atoms with Crippen LogP contribution in [0.15, 0.2) is 54.6 Å². The highest BCUT2D eigenvalue weighted by atomic mass is 16.1. The maximum Gasteiger partial charge on any atom is 0.170 e. The van der Waals surface area contributed by atoms with Gasteiger partial charge in [0.15, 0.2) is 5.78 Å². The summed E-state index contributed by atoms with van der Waals surface area (Å²) in [5, 5.41) is 0. The quantitative estimate of drug-likeness (QED) is 0.603. The lowest BCUT2D eigenvalue weighted by atomic mass is 9.95. The van der Waals surface area contributed by atoms with Gasteiger partial charge in [-0.2, -0.15) is 0 Å². The summed E-state index contributed by atoms with van der Waals surface area (Å²) >= 11 is 0. The van der Waals surface area contributed by atoms with E-state index in [-0.39, 0.29) is 18.0 Å². The van der Waals surface area contributed by atoms with Gasteiger partial charge < -0.3 is 0 Å². The maximum absolute atomic E-state index is 12.0. The van der Waals surface area contributed by atoms with Crippen molar-refractivity contribution in [3.8, 4) is 11.1 Å². The molecule has 0 spiro atoms. The average Bonchev–Trinajstić information content (AvgIpc) is 2.39. The standard InChI is InChI=1S/C16H14O2/c1-12(17)11-16(18)15-10-6-5-9-14(15)13-7-3-2-4-8-13/h2-10H,11H2,1H3. The predicted octanol–water partition coefficient (Wildman–Crippen LogP) is 3.52. The Balaban J connectivity index is 2.44. The van der Waals surface area contributed by atoms with E-state index in [9.17, 15) is 9.59 Å². The largest absolute Gasteiger partial charge is 0.300 e. The summed E-state index contributed by atoms with van der Waals surface area (Å²) in [4.78, 5) is 23.1. The smallest absolute Gasteiger partial charge is 0.170 e. The molecular weight excluding hydrogens is 224 g/mol. The summed E-state index contributed by atoms with van der Waals surface area (Å²) in [6.07, 6.45) is -0.0379. The van der Waals surface area contributed by atoms with Gasteiger partial charge in [-0.05, 0) is 18.1 Å². The summed E-state index contributed by atoms with van der Waals surface area (Å²) in [5.74, 6) is -0.232. The zero-order chi connectivity index (χ0) is 13.0. The van der Waals surface area contributed by atoms with E-state index in [2.05, 4.69) is 0 Å². The summed E-state index contributed by atoms with van der Waals surface area (Å²) in [6, 6.07) is 17.1. The first-order chi connectivity index (χ1) is 8.68. The topological polar surface area (TPSA) is 34.1 Å². The molecule has 2 nitrogen and oxygen atoms in total. The van der Waals surface area contributed by atoms with E-state index in [0.717, 1.165) is 11.1 Å². The number of hydrogen-bond donors (Lipinski definition) is 0. The van der Waals surface area contributed by atoms with Crippen molar-refractivity contribution in [1.29, 1.82) is 0 Å². The predicted molar refractivity (Wildman–Crippen MR) is 71.5 cm³/mol. The molecule has 0 aromatic heterocycles. The van der Waals surface area contributed by atoms with Crippen molar-refractivity contribution in [2.75, 3.05) is 0 Å². The van der Waals surface area contributed by atoms with Crippen LogP contribution in [0.2, 0.25) is 0 Å². The van der Waals surface area contributed by atoms with Crippen LogP contribution in [0.3, 0.4) is 0 Å². The van der Waals surface area contributed by atoms with Crippen molar-refractivity contribution in [3.05, 3.63) is 60.2 Å². The van der Waals surface area contributed by atoms with Crippen molar-refractivity contribution in [1.82, 2.24) is 0 Å². The van der Waals surface area contributed by atoms with Gasteiger partial charge in [0, 0.05) is 5.56 Å². The minimum Gasteiger partial charge on any atom is -0.300 e. The van der Waals surface area contributed by atoms with Crippen molar-refractivity contribution >= 4 is 11.6 Å². The Morgan fingerprint density at radius 1 is 0.889 bits per heavy atom. The molecule has 0 aliphatic rings. The molecule has 0 aliphatic carbocycles. The molecule has 2 rings (SSSR count). The summed E-state index contributed by atoms with van der Waals surface area (Å²) in [6.45, 7) is 1.43. The summed E-state index contributed by atoms with van der Waals surface area (Å²) in [7, 11) is 0. The lowest BCUT2D eigenvalue weighted by Gasteiger charge is -2.07. The second-order valence-electron chi connectivity index (χ2n) is 4.21. The molecule has 2 aromatic carbocycles. The number of carbonyl (C=O) groups excluding carboxylic acids is 2. The van der Waals surface area contributed by atoms with Gasteiger partial charge in [-0.15, -0.1) is 0 Å². The zero-order valence-corrected chi connectivity index (χ0v) is 10.2. The van der Waals surface area contributed by atoms with Gasteiger partial charge in [-0.3, -0.25) is 9.59 Å². The fourth-order valence-electron chi connectivity index (χ4n) is 1.92. The Labute approximate surface area is 106 Å². The lowest BCUT2D eigenvalue weighted by Crippen LogP contribution is -2.06. The molecule has 0 aliphatic heterocycles. The van der Waals surface area contributed by atoms with E-state index in [1.165, 1.54) is 6.92 Å². The average molecular weight is 238 g/mol. The van der Waals surface area contributed by atoms with E-state index in [4.69, 9.17) is 0 Å². The molecule has 90 valence electrons. The molecule has 0 saturated heterocycles. The number of rotatable bonds is 4. The molecule has 0 amide bonds. The van der Waals surface area contributed by atoms with Crippen LogP contribution in [0.4, 0.5) is 0 Å². The monoisotopic (exact) mass is 238 g/mol. The van der Waals surface area contributed by atoms with Crippen LogP contribution >= 0.6 is 0 Å². The molecule has 2 heteroatoms. The normalized spacial score (nSPS) is 10.1. The van der Waals surface area contributed by atoms with Gasteiger partial charge >= 0.3 is 0 Å². The van der Waals surface area contributed by atoms with E-state index < -0.39 is 0 Å². The molecule has 0 heterocycles. The van der Waals surface area contributed by atoms with Crippen LogP contribution < -0.4 is 0 Å².